The quantitative estimate of drug-likeness (QED) is 0.311. The Bertz CT molecular complexity index is 1100. The molecule has 130 valence electrons. The molecule has 1 amide bonds. The molecule has 0 saturated carbocycles. The Morgan fingerprint density at radius 2 is 1.77 bits per heavy atom. The topological polar surface area (TPSA) is 130 Å². The number of phenols is 1. The number of hydrogen-bond acceptors (Lipinski definition) is 5. The first-order valence-corrected chi connectivity index (χ1v) is 8.59. The molecule has 9 heteroatoms. The summed E-state index contributed by atoms with van der Waals surface area (Å²) in [6.45, 7) is 0. The number of carbonyl (C=O) groups is 1. The van der Waals surface area contributed by atoms with Gasteiger partial charge in [-0.15, -0.1) is 0 Å². The molecule has 7 nitrogen and oxygen atoms in total. The minimum atomic E-state index is -4.43. The van der Waals surface area contributed by atoms with E-state index >= 15 is 0 Å². The second kappa shape index (κ2) is 7.65. The summed E-state index contributed by atoms with van der Waals surface area (Å²) in [5.74, 6) is -0.703. The van der Waals surface area contributed by atoms with Gasteiger partial charge in [-0.3, -0.25) is 9.35 Å². The SMILES string of the molecule is Nc1cccc(C(=O)Nc2ccc3cc(S(=O)(=O)O)cc(O)c3c2)c1.[NaH]. The summed E-state index contributed by atoms with van der Waals surface area (Å²) in [4.78, 5) is 11.8. The van der Waals surface area contributed by atoms with E-state index in [-0.39, 0.29) is 41.2 Å². The standard InChI is InChI=1S/C17H14N2O5S.Na.H/c18-12-3-1-2-11(6-12)17(21)19-13-5-4-10-7-14(25(22,23)24)9-16(20)15(10)8-13;;/h1-9,20H,18H2,(H,19,21)(H,22,23,24);;. The van der Waals surface area contributed by atoms with Gasteiger partial charge in [-0.1, -0.05) is 12.1 Å². The van der Waals surface area contributed by atoms with Gasteiger partial charge in [0.2, 0.25) is 0 Å². The zero-order chi connectivity index (χ0) is 18.2. The third-order valence-electron chi connectivity index (χ3n) is 3.61. The van der Waals surface area contributed by atoms with Gasteiger partial charge in [0.05, 0.1) is 4.90 Å². The number of fused-ring (bicyclic) bond motifs is 1. The maximum absolute atomic E-state index is 12.2. The van der Waals surface area contributed by atoms with Crippen LogP contribution in [0.4, 0.5) is 11.4 Å². The number of nitrogen functional groups attached to an aromatic ring is 1. The van der Waals surface area contributed by atoms with Gasteiger partial charge in [0.1, 0.15) is 5.75 Å². The van der Waals surface area contributed by atoms with Crippen molar-refractivity contribution in [2.24, 2.45) is 0 Å². The number of amides is 1. The van der Waals surface area contributed by atoms with Crippen LogP contribution in [0.1, 0.15) is 10.4 Å². The Kier molecular flexibility index (Phi) is 5.94. The second-order valence-electron chi connectivity index (χ2n) is 5.43. The van der Waals surface area contributed by atoms with Crippen molar-refractivity contribution in [2.75, 3.05) is 11.1 Å². The van der Waals surface area contributed by atoms with E-state index in [0.717, 1.165) is 6.07 Å². The number of nitrogens with two attached hydrogens (primary N) is 1. The first-order valence-electron chi connectivity index (χ1n) is 7.15. The Hall–Kier alpha value is -2.10. The van der Waals surface area contributed by atoms with Crippen LogP contribution in [-0.2, 0) is 10.1 Å². The monoisotopic (exact) mass is 382 g/mol. The fraction of sp³-hybridized carbons (Fsp3) is 0. The van der Waals surface area contributed by atoms with E-state index < -0.39 is 15.0 Å². The molecule has 3 rings (SSSR count). The summed E-state index contributed by atoms with van der Waals surface area (Å²) in [6.07, 6.45) is 0. The summed E-state index contributed by atoms with van der Waals surface area (Å²) in [6, 6.07) is 13.2. The number of nitrogens with one attached hydrogen (secondary N) is 1. The molecule has 0 radical (unpaired) electrons. The van der Waals surface area contributed by atoms with Gasteiger partial charge in [-0.25, -0.2) is 0 Å². The Morgan fingerprint density at radius 1 is 1.04 bits per heavy atom. The molecular weight excluding hydrogens is 367 g/mol. The van der Waals surface area contributed by atoms with Crippen LogP contribution in [0.2, 0.25) is 0 Å². The number of benzene rings is 3. The number of hydrogen-bond donors (Lipinski definition) is 4. The molecule has 3 aromatic carbocycles. The fourth-order valence-corrected chi connectivity index (χ4v) is 2.96. The van der Waals surface area contributed by atoms with E-state index in [4.69, 9.17) is 10.3 Å². The van der Waals surface area contributed by atoms with Crippen LogP contribution in [0.15, 0.2) is 59.5 Å². The molecule has 0 aromatic heterocycles. The molecule has 0 spiro atoms. The zero-order valence-corrected chi connectivity index (χ0v) is 13.6. The van der Waals surface area contributed by atoms with Crippen LogP contribution in [0.3, 0.4) is 0 Å². The van der Waals surface area contributed by atoms with Crippen LogP contribution >= 0.6 is 0 Å². The third-order valence-corrected chi connectivity index (χ3v) is 4.44. The molecule has 0 aliphatic heterocycles. The number of anilines is 2. The predicted octanol–water partition coefficient (Wildman–Crippen LogP) is 1.98. The molecule has 0 aliphatic rings. The van der Waals surface area contributed by atoms with Crippen molar-refractivity contribution in [3.63, 3.8) is 0 Å². The van der Waals surface area contributed by atoms with Crippen LogP contribution in [0, 0.1) is 0 Å². The molecular formula is C17H15N2NaO5S. The van der Waals surface area contributed by atoms with Gasteiger partial charge in [-0.05, 0) is 41.8 Å². The third kappa shape index (κ3) is 4.35. The van der Waals surface area contributed by atoms with Gasteiger partial charge in [0, 0.05) is 28.4 Å². The second-order valence-corrected chi connectivity index (χ2v) is 6.85. The van der Waals surface area contributed by atoms with Gasteiger partial charge in [0.25, 0.3) is 16.0 Å². The molecule has 26 heavy (non-hydrogen) atoms. The summed E-state index contributed by atoms with van der Waals surface area (Å²) in [5, 5.41) is 13.4. The molecule has 0 saturated heterocycles. The van der Waals surface area contributed by atoms with E-state index in [1.165, 1.54) is 24.3 Å². The van der Waals surface area contributed by atoms with Gasteiger partial charge >= 0.3 is 29.6 Å². The number of carbonyl (C=O) groups excluding carboxylic acids is 1. The molecule has 0 bridgehead atoms. The van der Waals surface area contributed by atoms with Crippen molar-refractivity contribution in [2.45, 2.75) is 4.90 Å². The molecule has 3 aromatic rings. The van der Waals surface area contributed by atoms with E-state index in [0.29, 0.717) is 27.7 Å². The molecule has 0 atom stereocenters. The van der Waals surface area contributed by atoms with E-state index in [1.807, 2.05) is 0 Å². The van der Waals surface area contributed by atoms with E-state index in [9.17, 15) is 18.3 Å². The first kappa shape index (κ1) is 20.2. The summed E-state index contributed by atoms with van der Waals surface area (Å²) in [5.41, 5.74) is 6.90. The molecule has 5 N–H and O–H groups in total. The maximum atomic E-state index is 12.2. The number of rotatable bonds is 3. The molecule has 0 heterocycles. The summed E-state index contributed by atoms with van der Waals surface area (Å²) >= 11 is 0. The van der Waals surface area contributed by atoms with Crippen molar-refractivity contribution in [1.29, 1.82) is 0 Å². The van der Waals surface area contributed by atoms with Crippen molar-refractivity contribution in [1.82, 2.24) is 0 Å². The normalized spacial score (nSPS) is 11.0. The zero-order valence-electron chi connectivity index (χ0n) is 12.8. The number of aromatic hydroxyl groups is 1. The fourth-order valence-electron chi connectivity index (χ4n) is 2.42. The summed E-state index contributed by atoms with van der Waals surface area (Å²) in [7, 11) is -4.43. The van der Waals surface area contributed by atoms with Crippen LogP contribution < -0.4 is 11.1 Å². The Balaban J connectivity index is 0.00000243. The molecule has 0 fully saturated rings. The van der Waals surface area contributed by atoms with Crippen LogP contribution in [0.25, 0.3) is 10.8 Å². The van der Waals surface area contributed by atoms with Crippen molar-refractivity contribution >= 4 is 67.7 Å². The van der Waals surface area contributed by atoms with Gasteiger partial charge < -0.3 is 16.2 Å². The van der Waals surface area contributed by atoms with Crippen molar-refractivity contribution in [3.05, 3.63) is 60.2 Å². The van der Waals surface area contributed by atoms with Gasteiger partial charge in [-0.2, -0.15) is 8.42 Å². The Morgan fingerprint density at radius 3 is 2.42 bits per heavy atom. The minimum absolute atomic E-state index is 0. The molecule has 0 unspecified atom stereocenters. The average Bonchev–Trinajstić information content (AvgIpc) is 2.54. The first-order chi connectivity index (χ1) is 11.7. The Labute approximate surface area is 171 Å². The summed E-state index contributed by atoms with van der Waals surface area (Å²) < 4.78 is 31.5. The van der Waals surface area contributed by atoms with Crippen molar-refractivity contribution < 1.29 is 22.9 Å². The molecule has 0 aliphatic carbocycles. The van der Waals surface area contributed by atoms with E-state index in [2.05, 4.69) is 5.32 Å². The van der Waals surface area contributed by atoms with Crippen LogP contribution in [-0.4, -0.2) is 53.5 Å². The van der Waals surface area contributed by atoms with Crippen molar-refractivity contribution in [3.8, 4) is 5.75 Å². The number of phenolic OH excluding ortho intramolecular Hbond substituents is 1. The van der Waals surface area contributed by atoms with Gasteiger partial charge in [0.15, 0.2) is 0 Å². The van der Waals surface area contributed by atoms with Crippen LogP contribution in [0.5, 0.6) is 5.75 Å². The predicted molar refractivity (Wildman–Crippen MR) is 101 cm³/mol. The average molecular weight is 382 g/mol. The van der Waals surface area contributed by atoms with E-state index in [1.54, 1.807) is 24.3 Å².